The summed E-state index contributed by atoms with van der Waals surface area (Å²) in [4.78, 5) is 2.34. The van der Waals surface area contributed by atoms with E-state index in [-0.39, 0.29) is 0 Å². The zero-order valence-corrected chi connectivity index (χ0v) is 41.4. The molecule has 15 rings (SSSR count). The second kappa shape index (κ2) is 17.8. The summed E-state index contributed by atoms with van der Waals surface area (Å²) in [5.41, 5.74) is 21.5. The summed E-state index contributed by atoms with van der Waals surface area (Å²) in [5, 5.41) is 7.21. The van der Waals surface area contributed by atoms with Crippen molar-refractivity contribution >= 4 is 82.6 Å². The van der Waals surface area contributed by atoms with E-state index in [4.69, 9.17) is 4.42 Å². The molecule has 0 atom stereocenters. The largest absolute Gasteiger partial charge is 0.456 e. The van der Waals surface area contributed by atoms with Crippen molar-refractivity contribution in [2.75, 3.05) is 4.90 Å². The molecule has 0 aliphatic rings. The minimum atomic E-state index is 0.875. The van der Waals surface area contributed by atoms with Gasteiger partial charge in [0.2, 0.25) is 0 Å². The zero-order valence-electron chi connectivity index (χ0n) is 41.4. The molecule has 0 amide bonds. The van der Waals surface area contributed by atoms with E-state index in [1.807, 2.05) is 12.1 Å². The highest BCUT2D eigenvalue weighted by Gasteiger charge is 2.18. The van der Waals surface area contributed by atoms with E-state index < -0.39 is 0 Å². The van der Waals surface area contributed by atoms with Crippen LogP contribution in [-0.4, -0.2) is 9.13 Å². The maximum absolute atomic E-state index is 6.29. The Labute approximate surface area is 439 Å². The van der Waals surface area contributed by atoms with Crippen molar-refractivity contribution in [1.82, 2.24) is 9.13 Å². The maximum Gasteiger partial charge on any atom is 0.135 e. The molecule has 0 aliphatic heterocycles. The third-order valence-electron chi connectivity index (χ3n) is 15.3. The van der Waals surface area contributed by atoms with E-state index in [9.17, 15) is 0 Å². The van der Waals surface area contributed by atoms with Gasteiger partial charge >= 0.3 is 0 Å². The average molecular weight is 970 g/mol. The summed E-state index contributed by atoms with van der Waals surface area (Å²) < 4.78 is 11.0. The lowest BCUT2D eigenvalue weighted by atomic mass is 9.98. The molecule has 3 aromatic heterocycles. The molecule has 0 bridgehead atoms. The van der Waals surface area contributed by atoms with Crippen LogP contribution >= 0.6 is 0 Å². The second-order valence-corrected chi connectivity index (χ2v) is 19.7. The van der Waals surface area contributed by atoms with Crippen LogP contribution in [0.2, 0.25) is 0 Å². The number of nitrogens with zero attached hydrogens (tertiary/aromatic N) is 3. The number of hydrogen-bond acceptors (Lipinski definition) is 2. The highest BCUT2D eigenvalue weighted by molar-refractivity contribution is 6.12. The Bertz CT molecular complexity index is 4640. The zero-order chi connectivity index (χ0) is 50.1. The van der Waals surface area contributed by atoms with Crippen molar-refractivity contribution < 1.29 is 4.42 Å². The number of para-hydroxylation sites is 5. The Hall–Kier alpha value is -10.2. The highest BCUT2D eigenvalue weighted by Crippen LogP contribution is 2.42. The van der Waals surface area contributed by atoms with E-state index in [1.54, 1.807) is 0 Å². The van der Waals surface area contributed by atoms with Gasteiger partial charge in [0, 0.05) is 60.8 Å². The van der Waals surface area contributed by atoms with Crippen LogP contribution in [0.4, 0.5) is 17.1 Å². The lowest BCUT2D eigenvalue weighted by molar-refractivity contribution is 0.669. The molecule has 0 saturated carbocycles. The standard InChI is InChI=1S/C72H47N3O/c1-3-13-56(14-4-1)74-68-21-11-8-18-62(68)65-45-54(36-43-69(65)74)52-27-23-48(24-28-52)50-31-37-58(38-32-50)73(60-41-44-72-66(47-60)64-19-9-12-22-71(64)76-72)59-39-33-51(34-40-59)49-25-29-53(30-26-49)55-35-42-63-61-17-7-10-20-67(61)75(70(63)46-55)57-15-5-2-6-16-57/h1-47H. The van der Waals surface area contributed by atoms with Crippen molar-refractivity contribution in [2.45, 2.75) is 0 Å². The molecule has 0 N–H and O–H groups in total. The minimum Gasteiger partial charge on any atom is -0.456 e. The summed E-state index contributed by atoms with van der Waals surface area (Å²) in [6.07, 6.45) is 0. The molecule has 4 nitrogen and oxygen atoms in total. The van der Waals surface area contributed by atoms with Crippen molar-refractivity contribution in [3.8, 4) is 55.9 Å². The number of furan rings is 1. The Morgan fingerprint density at radius 2 is 0.605 bits per heavy atom. The molecule has 76 heavy (non-hydrogen) atoms. The number of fused-ring (bicyclic) bond motifs is 9. The fourth-order valence-electron chi connectivity index (χ4n) is 11.6. The van der Waals surface area contributed by atoms with Crippen LogP contribution in [0.25, 0.3) is 121 Å². The van der Waals surface area contributed by atoms with E-state index >= 15 is 0 Å². The third kappa shape index (κ3) is 7.30. The Kier molecular flexibility index (Phi) is 10.2. The van der Waals surface area contributed by atoms with Crippen molar-refractivity contribution in [1.29, 1.82) is 0 Å². The van der Waals surface area contributed by atoms with Crippen LogP contribution in [0.1, 0.15) is 0 Å². The van der Waals surface area contributed by atoms with Gasteiger partial charge in [0.05, 0.1) is 22.1 Å². The molecular formula is C72H47N3O. The maximum atomic E-state index is 6.29. The predicted octanol–water partition coefficient (Wildman–Crippen LogP) is 19.9. The fraction of sp³-hybridized carbons (Fsp3) is 0. The topological polar surface area (TPSA) is 26.2 Å². The molecule has 356 valence electrons. The molecule has 12 aromatic carbocycles. The van der Waals surface area contributed by atoms with Crippen molar-refractivity contribution in [3.63, 3.8) is 0 Å². The van der Waals surface area contributed by atoms with Crippen LogP contribution in [0.5, 0.6) is 0 Å². The highest BCUT2D eigenvalue weighted by atomic mass is 16.3. The van der Waals surface area contributed by atoms with Gasteiger partial charge in [-0.1, -0.05) is 182 Å². The molecule has 0 radical (unpaired) electrons. The van der Waals surface area contributed by atoms with Gasteiger partial charge in [-0.05, 0) is 148 Å². The Morgan fingerprint density at radius 1 is 0.224 bits per heavy atom. The van der Waals surface area contributed by atoms with Crippen LogP contribution in [-0.2, 0) is 0 Å². The van der Waals surface area contributed by atoms with Crippen LogP contribution in [0.15, 0.2) is 290 Å². The van der Waals surface area contributed by atoms with E-state index in [1.165, 1.54) is 82.7 Å². The second-order valence-electron chi connectivity index (χ2n) is 19.7. The summed E-state index contributed by atoms with van der Waals surface area (Å²) in [6.45, 7) is 0. The van der Waals surface area contributed by atoms with Crippen molar-refractivity contribution in [3.05, 3.63) is 285 Å². The SMILES string of the molecule is c1ccc(-n2c3ccccc3c3cc(-c4ccc(-c5ccc(N(c6ccc(-c7ccc(-c8ccc9c%10ccccc%10n(-c%10ccccc%10)c9c8)cc7)cc6)c6ccc7oc8ccccc8c7c6)cc5)cc4)ccc32)cc1. The van der Waals surface area contributed by atoms with Gasteiger partial charge in [0.1, 0.15) is 11.2 Å². The molecular weight excluding hydrogens is 923 g/mol. The molecule has 4 heteroatoms. The first-order valence-corrected chi connectivity index (χ1v) is 26.0. The smallest absolute Gasteiger partial charge is 0.135 e. The summed E-state index contributed by atoms with van der Waals surface area (Å²) in [6, 6.07) is 103. The molecule has 0 unspecified atom stereocenters. The van der Waals surface area contributed by atoms with Gasteiger partial charge in [-0.3, -0.25) is 0 Å². The van der Waals surface area contributed by atoms with Crippen LogP contribution in [0, 0.1) is 0 Å². The number of anilines is 3. The first kappa shape index (κ1) is 43.4. The number of aromatic nitrogens is 2. The number of rotatable bonds is 9. The first-order valence-electron chi connectivity index (χ1n) is 26.0. The normalized spacial score (nSPS) is 11.7. The average Bonchev–Trinajstić information content (AvgIpc) is 4.21. The summed E-state index contributed by atoms with van der Waals surface area (Å²) in [5.74, 6) is 0. The molecule has 15 aromatic rings. The predicted molar refractivity (Wildman–Crippen MR) is 319 cm³/mol. The number of benzene rings is 12. The monoisotopic (exact) mass is 969 g/mol. The van der Waals surface area contributed by atoms with Gasteiger partial charge in [-0.2, -0.15) is 0 Å². The summed E-state index contributed by atoms with van der Waals surface area (Å²) in [7, 11) is 0. The molecule has 0 aliphatic carbocycles. The fourth-order valence-corrected chi connectivity index (χ4v) is 11.6. The number of hydrogen-bond donors (Lipinski definition) is 0. The Morgan fingerprint density at radius 3 is 1.18 bits per heavy atom. The van der Waals surface area contributed by atoms with Crippen LogP contribution < -0.4 is 4.90 Å². The Balaban J connectivity index is 0.738. The lowest BCUT2D eigenvalue weighted by Crippen LogP contribution is -2.09. The first-order chi connectivity index (χ1) is 37.7. The van der Waals surface area contributed by atoms with E-state index in [0.717, 1.165) is 55.8 Å². The van der Waals surface area contributed by atoms with E-state index in [0.29, 0.717) is 0 Å². The lowest BCUT2D eigenvalue weighted by Gasteiger charge is -2.26. The third-order valence-corrected chi connectivity index (χ3v) is 15.3. The van der Waals surface area contributed by atoms with Crippen LogP contribution in [0.3, 0.4) is 0 Å². The van der Waals surface area contributed by atoms with Gasteiger partial charge in [0.15, 0.2) is 0 Å². The van der Waals surface area contributed by atoms with Gasteiger partial charge < -0.3 is 18.5 Å². The molecule has 3 heterocycles. The van der Waals surface area contributed by atoms with E-state index in [2.05, 4.69) is 287 Å². The van der Waals surface area contributed by atoms with Gasteiger partial charge in [-0.25, -0.2) is 0 Å². The van der Waals surface area contributed by atoms with Gasteiger partial charge in [-0.15, -0.1) is 0 Å². The molecule has 0 saturated heterocycles. The quantitative estimate of drug-likeness (QED) is 0.144. The van der Waals surface area contributed by atoms with Crippen molar-refractivity contribution in [2.24, 2.45) is 0 Å². The molecule has 0 fully saturated rings. The molecule has 0 spiro atoms. The summed E-state index contributed by atoms with van der Waals surface area (Å²) >= 11 is 0. The van der Waals surface area contributed by atoms with Gasteiger partial charge in [0.25, 0.3) is 0 Å². The minimum absolute atomic E-state index is 0.875.